The Bertz CT molecular complexity index is 297. The van der Waals surface area contributed by atoms with E-state index in [1.165, 1.54) is 5.56 Å². The second-order valence-electron chi connectivity index (χ2n) is 4.27. The Kier molecular flexibility index (Phi) is 6.03. The summed E-state index contributed by atoms with van der Waals surface area (Å²) in [6.07, 6.45) is 0. The predicted octanol–water partition coefficient (Wildman–Crippen LogP) is 3.18. The average molecular weight is 286 g/mol. The minimum Gasteiger partial charge on any atom is -0.384 e. The zero-order valence-corrected chi connectivity index (χ0v) is 11.8. The largest absolute Gasteiger partial charge is 0.384 e. The molecule has 0 aliphatic carbocycles. The molecular weight excluding hydrogens is 266 g/mol. The number of halogens is 1. The molecule has 1 atom stereocenters. The average Bonchev–Trinajstić information content (AvgIpc) is 2.25. The summed E-state index contributed by atoms with van der Waals surface area (Å²) in [6.45, 7) is 6.02. The molecule has 1 aromatic carbocycles. The molecule has 0 saturated heterocycles. The Morgan fingerprint density at radius 2 is 1.88 bits per heavy atom. The summed E-state index contributed by atoms with van der Waals surface area (Å²) in [7, 11) is 1.75. The first kappa shape index (κ1) is 13.7. The van der Waals surface area contributed by atoms with Crippen LogP contribution in [0.4, 0.5) is 0 Å². The van der Waals surface area contributed by atoms with Crippen LogP contribution in [-0.4, -0.2) is 26.3 Å². The van der Waals surface area contributed by atoms with E-state index in [1.54, 1.807) is 7.11 Å². The summed E-state index contributed by atoms with van der Waals surface area (Å²) in [4.78, 5) is 0. The van der Waals surface area contributed by atoms with Crippen LogP contribution in [0, 0.1) is 0 Å². The molecule has 16 heavy (non-hydrogen) atoms. The second kappa shape index (κ2) is 7.05. The number of rotatable bonds is 6. The lowest BCUT2D eigenvalue weighted by atomic mass is 10.00. The van der Waals surface area contributed by atoms with Gasteiger partial charge in [-0.1, -0.05) is 41.9 Å². The first-order valence-electron chi connectivity index (χ1n) is 5.61. The van der Waals surface area contributed by atoms with Gasteiger partial charge in [0, 0.05) is 30.1 Å². The molecule has 0 aliphatic rings. The van der Waals surface area contributed by atoms with Gasteiger partial charge in [-0.15, -0.1) is 0 Å². The van der Waals surface area contributed by atoms with Crippen molar-refractivity contribution in [1.82, 2.24) is 5.32 Å². The number of ether oxygens (including phenoxy) is 1. The van der Waals surface area contributed by atoms with Crippen molar-refractivity contribution in [2.75, 3.05) is 20.3 Å². The van der Waals surface area contributed by atoms with Crippen molar-refractivity contribution >= 4 is 15.9 Å². The van der Waals surface area contributed by atoms with E-state index in [0.29, 0.717) is 12.0 Å². The molecule has 0 aliphatic heterocycles. The maximum absolute atomic E-state index is 5.27. The molecule has 3 heteroatoms. The van der Waals surface area contributed by atoms with Crippen molar-refractivity contribution < 1.29 is 4.74 Å². The molecule has 90 valence electrons. The molecule has 0 spiro atoms. The van der Waals surface area contributed by atoms with Crippen LogP contribution in [0.3, 0.4) is 0 Å². The van der Waals surface area contributed by atoms with Crippen molar-refractivity contribution in [2.45, 2.75) is 25.8 Å². The summed E-state index contributed by atoms with van der Waals surface area (Å²) in [6, 6.07) is 8.96. The molecule has 0 fully saturated rings. The normalized spacial score (nSPS) is 13.1. The minimum atomic E-state index is 0.417. The van der Waals surface area contributed by atoms with Gasteiger partial charge < -0.3 is 10.1 Å². The first-order chi connectivity index (χ1) is 7.63. The lowest BCUT2D eigenvalue weighted by Crippen LogP contribution is -2.29. The Balaban J connectivity index is 2.64. The van der Waals surface area contributed by atoms with E-state index in [4.69, 9.17) is 4.74 Å². The van der Waals surface area contributed by atoms with Gasteiger partial charge in [-0.2, -0.15) is 0 Å². The van der Waals surface area contributed by atoms with Crippen LogP contribution in [0.5, 0.6) is 0 Å². The predicted molar refractivity (Wildman–Crippen MR) is 71.9 cm³/mol. The fraction of sp³-hybridized carbons (Fsp3) is 0.538. The molecule has 0 radical (unpaired) electrons. The van der Waals surface area contributed by atoms with E-state index in [1.807, 2.05) is 0 Å². The molecule has 1 N–H and O–H groups in total. The topological polar surface area (TPSA) is 21.3 Å². The van der Waals surface area contributed by atoms with Crippen molar-refractivity contribution in [1.29, 1.82) is 0 Å². The van der Waals surface area contributed by atoms with Gasteiger partial charge in [0.15, 0.2) is 0 Å². The number of methoxy groups -OCH3 is 1. The molecule has 0 amide bonds. The number of benzene rings is 1. The molecule has 1 unspecified atom stereocenters. The first-order valence-corrected chi connectivity index (χ1v) is 6.40. The van der Waals surface area contributed by atoms with Crippen LogP contribution in [0.15, 0.2) is 28.7 Å². The zero-order valence-electron chi connectivity index (χ0n) is 10.2. The van der Waals surface area contributed by atoms with Crippen molar-refractivity contribution in [3.63, 3.8) is 0 Å². The van der Waals surface area contributed by atoms with Crippen LogP contribution in [0.1, 0.15) is 25.3 Å². The maximum atomic E-state index is 5.27. The fourth-order valence-electron chi connectivity index (χ4n) is 1.59. The van der Waals surface area contributed by atoms with E-state index in [-0.39, 0.29) is 0 Å². The second-order valence-corrected chi connectivity index (χ2v) is 5.18. The van der Waals surface area contributed by atoms with E-state index in [0.717, 1.165) is 17.6 Å². The monoisotopic (exact) mass is 285 g/mol. The van der Waals surface area contributed by atoms with Gasteiger partial charge in [-0.25, -0.2) is 0 Å². The minimum absolute atomic E-state index is 0.417. The third kappa shape index (κ3) is 4.64. The maximum Gasteiger partial charge on any atom is 0.0543 e. The standard InChI is InChI=1S/C13H20BrNO/c1-10(2)15-8-12(9-16-3)11-4-6-13(14)7-5-11/h4-7,10,12,15H,8-9H2,1-3H3. The Morgan fingerprint density at radius 3 is 2.38 bits per heavy atom. The Hall–Kier alpha value is -0.380. The van der Waals surface area contributed by atoms with Crippen LogP contribution < -0.4 is 5.32 Å². The van der Waals surface area contributed by atoms with Crippen LogP contribution >= 0.6 is 15.9 Å². The molecule has 0 aromatic heterocycles. The quantitative estimate of drug-likeness (QED) is 0.867. The van der Waals surface area contributed by atoms with E-state index in [9.17, 15) is 0 Å². The molecular formula is C13H20BrNO. The third-order valence-electron chi connectivity index (χ3n) is 2.48. The molecule has 1 rings (SSSR count). The van der Waals surface area contributed by atoms with Crippen LogP contribution in [0.2, 0.25) is 0 Å². The molecule has 0 saturated carbocycles. The summed E-state index contributed by atoms with van der Waals surface area (Å²) >= 11 is 3.45. The Morgan fingerprint density at radius 1 is 1.25 bits per heavy atom. The van der Waals surface area contributed by atoms with Gasteiger partial charge in [0.05, 0.1) is 6.61 Å². The molecule has 2 nitrogen and oxygen atoms in total. The highest BCUT2D eigenvalue weighted by molar-refractivity contribution is 9.10. The zero-order chi connectivity index (χ0) is 12.0. The molecule has 0 bridgehead atoms. The van der Waals surface area contributed by atoms with Crippen molar-refractivity contribution in [3.8, 4) is 0 Å². The SMILES string of the molecule is COCC(CNC(C)C)c1ccc(Br)cc1. The number of nitrogens with one attached hydrogen (secondary N) is 1. The summed E-state index contributed by atoms with van der Waals surface area (Å²) in [5, 5.41) is 3.45. The van der Waals surface area contributed by atoms with Gasteiger partial charge in [-0.3, -0.25) is 0 Å². The van der Waals surface area contributed by atoms with E-state index < -0.39 is 0 Å². The highest BCUT2D eigenvalue weighted by atomic mass is 79.9. The van der Waals surface area contributed by atoms with Crippen LogP contribution in [0.25, 0.3) is 0 Å². The lowest BCUT2D eigenvalue weighted by Gasteiger charge is -2.19. The van der Waals surface area contributed by atoms with Crippen molar-refractivity contribution in [2.24, 2.45) is 0 Å². The Labute approximate surface area is 107 Å². The summed E-state index contributed by atoms with van der Waals surface area (Å²) in [5.41, 5.74) is 1.32. The van der Waals surface area contributed by atoms with E-state index in [2.05, 4.69) is 59.4 Å². The fourth-order valence-corrected chi connectivity index (χ4v) is 1.85. The summed E-state index contributed by atoms with van der Waals surface area (Å²) < 4.78 is 6.38. The van der Waals surface area contributed by atoms with Gasteiger partial charge in [0.2, 0.25) is 0 Å². The summed E-state index contributed by atoms with van der Waals surface area (Å²) in [5.74, 6) is 0.417. The molecule has 0 heterocycles. The van der Waals surface area contributed by atoms with E-state index >= 15 is 0 Å². The molecule has 1 aromatic rings. The highest BCUT2D eigenvalue weighted by Gasteiger charge is 2.11. The lowest BCUT2D eigenvalue weighted by molar-refractivity contribution is 0.177. The van der Waals surface area contributed by atoms with Gasteiger partial charge >= 0.3 is 0 Å². The van der Waals surface area contributed by atoms with Gasteiger partial charge in [0.25, 0.3) is 0 Å². The highest BCUT2D eigenvalue weighted by Crippen LogP contribution is 2.18. The third-order valence-corrected chi connectivity index (χ3v) is 3.01. The van der Waals surface area contributed by atoms with Crippen molar-refractivity contribution in [3.05, 3.63) is 34.3 Å². The van der Waals surface area contributed by atoms with Gasteiger partial charge in [0.1, 0.15) is 0 Å². The smallest absolute Gasteiger partial charge is 0.0543 e. The number of hydrogen-bond acceptors (Lipinski definition) is 2. The van der Waals surface area contributed by atoms with Crippen LogP contribution in [-0.2, 0) is 4.74 Å². The number of hydrogen-bond donors (Lipinski definition) is 1. The van der Waals surface area contributed by atoms with Gasteiger partial charge in [-0.05, 0) is 17.7 Å².